The molecule has 0 aliphatic carbocycles. The SMILES string of the molecule is C=C[Si](Cl)(Cl)/C(=C\CCCC)B(CC)CC. The maximum atomic E-state index is 6.44. The fraction of sp³-hybridized carbons (Fsp3) is 0.667. The topological polar surface area (TPSA) is 0 Å². The zero-order chi connectivity index (χ0) is 12.6. The minimum absolute atomic E-state index is 0.525. The summed E-state index contributed by atoms with van der Waals surface area (Å²) in [6.07, 6.45) is 7.99. The highest BCUT2D eigenvalue weighted by molar-refractivity contribution is 7.53. The van der Waals surface area contributed by atoms with Crippen LogP contribution < -0.4 is 0 Å². The average Bonchev–Trinajstić information content (AvgIpc) is 2.28. The summed E-state index contributed by atoms with van der Waals surface area (Å²) in [6.45, 7) is 8.52. The molecule has 0 spiro atoms. The van der Waals surface area contributed by atoms with E-state index < -0.39 is 6.69 Å². The summed E-state index contributed by atoms with van der Waals surface area (Å²) in [5, 5.41) is 1.27. The van der Waals surface area contributed by atoms with Crippen molar-refractivity contribution < 1.29 is 0 Å². The Kier molecular flexibility index (Phi) is 8.62. The van der Waals surface area contributed by atoms with E-state index in [9.17, 15) is 0 Å². The van der Waals surface area contributed by atoms with Crippen molar-refractivity contribution in [2.24, 2.45) is 0 Å². The van der Waals surface area contributed by atoms with Gasteiger partial charge in [-0.1, -0.05) is 63.1 Å². The zero-order valence-corrected chi connectivity index (χ0v) is 13.2. The molecule has 16 heavy (non-hydrogen) atoms. The summed E-state index contributed by atoms with van der Waals surface area (Å²) in [6, 6.07) is 0. The van der Waals surface area contributed by atoms with E-state index in [1.54, 1.807) is 5.70 Å². The largest absolute Gasteiger partial charge is 0.290 e. The summed E-state index contributed by atoms with van der Waals surface area (Å²) in [5.41, 5.74) is 1.77. The lowest BCUT2D eigenvalue weighted by Gasteiger charge is -2.22. The quantitative estimate of drug-likeness (QED) is 0.318. The Morgan fingerprint density at radius 2 is 1.81 bits per heavy atom. The predicted molar refractivity (Wildman–Crippen MR) is 82.0 cm³/mol. The number of hydrogen-bond donors (Lipinski definition) is 0. The zero-order valence-electron chi connectivity index (χ0n) is 10.7. The highest BCUT2D eigenvalue weighted by Gasteiger charge is 2.34. The summed E-state index contributed by atoms with van der Waals surface area (Å²) in [5.74, 6) is 0. The lowest BCUT2D eigenvalue weighted by molar-refractivity contribution is 0.814. The van der Waals surface area contributed by atoms with Gasteiger partial charge in [0.1, 0.15) is 0 Å². The molecule has 0 rings (SSSR count). The molecule has 0 aliphatic rings. The molecule has 0 saturated heterocycles. The normalized spacial score (nSPS) is 12.7. The molecule has 92 valence electrons. The molecule has 0 amide bonds. The minimum Gasteiger partial charge on any atom is -0.135 e. The molecular formula is C12H23BCl2Si. The van der Waals surface area contributed by atoms with Crippen molar-refractivity contribution in [3.63, 3.8) is 0 Å². The van der Waals surface area contributed by atoms with E-state index in [1.165, 1.54) is 17.9 Å². The van der Waals surface area contributed by atoms with Gasteiger partial charge in [-0.05, 0) is 6.42 Å². The predicted octanol–water partition coefficient (Wildman–Crippen LogP) is 5.36. The van der Waals surface area contributed by atoms with E-state index in [2.05, 4.69) is 33.4 Å². The molecule has 0 nitrogen and oxygen atoms in total. The smallest absolute Gasteiger partial charge is 0.135 e. The second kappa shape index (κ2) is 8.44. The van der Waals surface area contributed by atoms with Gasteiger partial charge in [0.25, 0.3) is 6.69 Å². The number of allylic oxidation sites excluding steroid dienone is 1. The van der Waals surface area contributed by atoms with Crippen molar-refractivity contribution >= 4 is 35.6 Å². The van der Waals surface area contributed by atoms with E-state index >= 15 is 0 Å². The summed E-state index contributed by atoms with van der Waals surface area (Å²) >= 11 is 12.9. The van der Waals surface area contributed by atoms with Crippen molar-refractivity contribution in [3.8, 4) is 0 Å². The van der Waals surface area contributed by atoms with E-state index in [1.807, 2.05) is 0 Å². The molecule has 0 unspecified atom stereocenters. The molecule has 0 N–H and O–H groups in total. The third-order valence-corrected chi connectivity index (χ3v) is 7.12. The molecule has 4 heteroatoms. The van der Waals surface area contributed by atoms with Gasteiger partial charge in [-0.15, -0.1) is 28.7 Å². The van der Waals surface area contributed by atoms with Crippen LogP contribution in [0.1, 0.15) is 40.0 Å². The fourth-order valence-electron chi connectivity index (χ4n) is 1.88. The van der Waals surface area contributed by atoms with Gasteiger partial charge in [-0.2, -0.15) is 0 Å². The van der Waals surface area contributed by atoms with Crippen LogP contribution in [0.2, 0.25) is 12.6 Å². The highest BCUT2D eigenvalue weighted by atomic mass is 35.7. The van der Waals surface area contributed by atoms with Crippen LogP contribution in [0, 0.1) is 0 Å². The Morgan fingerprint density at radius 1 is 1.25 bits per heavy atom. The van der Waals surface area contributed by atoms with Gasteiger partial charge in [0, 0.05) is 0 Å². The third-order valence-electron chi connectivity index (χ3n) is 2.99. The second-order valence-corrected chi connectivity index (χ2v) is 10.5. The molecule has 0 aromatic carbocycles. The van der Waals surface area contributed by atoms with Crippen molar-refractivity contribution in [1.82, 2.24) is 0 Å². The van der Waals surface area contributed by atoms with Crippen LogP contribution in [0.25, 0.3) is 0 Å². The lowest BCUT2D eigenvalue weighted by Crippen LogP contribution is -2.31. The second-order valence-electron chi connectivity index (χ2n) is 4.14. The van der Waals surface area contributed by atoms with E-state index in [0.717, 1.165) is 19.1 Å². The van der Waals surface area contributed by atoms with Gasteiger partial charge in [0.15, 0.2) is 6.71 Å². The lowest BCUT2D eigenvalue weighted by atomic mass is 9.45. The first kappa shape index (κ1) is 16.3. The van der Waals surface area contributed by atoms with Gasteiger partial charge < -0.3 is 0 Å². The minimum atomic E-state index is -2.39. The standard InChI is InChI=1S/C12H23BCl2Si/c1-5-9-10-11-12(13(6-2)7-3)16(14,15)8-4/h8,11H,4-7,9-10H2,1-3H3/b12-11-. The molecule has 0 aromatic heterocycles. The summed E-state index contributed by atoms with van der Waals surface area (Å²) < 4.78 is 0. The van der Waals surface area contributed by atoms with Gasteiger partial charge in [0.05, 0.1) is 0 Å². The van der Waals surface area contributed by atoms with Gasteiger partial charge in [-0.25, -0.2) is 0 Å². The Morgan fingerprint density at radius 3 is 2.19 bits per heavy atom. The Balaban J connectivity index is 4.88. The number of unbranched alkanes of at least 4 members (excludes halogenated alkanes) is 2. The molecule has 0 radical (unpaired) electrons. The van der Waals surface area contributed by atoms with Gasteiger partial charge >= 0.3 is 0 Å². The van der Waals surface area contributed by atoms with Crippen molar-refractivity contribution in [2.75, 3.05) is 0 Å². The summed E-state index contributed by atoms with van der Waals surface area (Å²) in [4.78, 5) is 0. The molecule has 0 saturated carbocycles. The molecular weight excluding hydrogens is 254 g/mol. The van der Waals surface area contributed by atoms with Crippen LogP contribution in [-0.4, -0.2) is 13.4 Å². The van der Waals surface area contributed by atoms with E-state index in [-0.39, 0.29) is 0 Å². The maximum Gasteiger partial charge on any atom is 0.290 e. The summed E-state index contributed by atoms with van der Waals surface area (Å²) in [7, 11) is 0. The first-order chi connectivity index (χ1) is 7.53. The van der Waals surface area contributed by atoms with Crippen LogP contribution in [0.4, 0.5) is 0 Å². The number of halogens is 2. The first-order valence-corrected chi connectivity index (χ1v) is 10.3. The Bertz CT molecular complexity index is 235. The van der Waals surface area contributed by atoms with Crippen molar-refractivity contribution in [2.45, 2.75) is 52.7 Å². The van der Waals surface area contributed by atoms with Crippen LogP contribution in [0.15, 0.2) is 23.4 Å². The monoisotopic (exact) mass is 276 g/mol. The number of hydrogen-bond acceptors (Lipinski definition) is 0. The average molecular weight is 277 g/mol. The van der Waals surface area contributed by atoms with Gasteiger partial charge in [-0.3, -0.25) is 0 Å². The van der Waals surface area contributed by atoms with Gasteiger partial charge in [0.2, 0.25) is 0 Å². The van der Waals surface area contributed by atoms with Crippen molar-refractivity contribution in [1.29, 1.82) is 0 Å². The third kappa shape index (κ3) is 5.11. The van der Waals surface area contributed by atoms with E-state index in [4.69, 9.17) is 22.2 Å². The van der Waals surface area contributed by atoms with Crippen LogP contribution in [0.3, 0.4) is 0 Å². The Hall–Kier alpha value is 0.342. The number of rotatable bonds is 8. The molecule has 0 aromatic rings. The Labute approximate surface area is 112 Å². The van der Waals surface area contributed by atoms with Crippen LogP contribution in [0.5, 0.6) is 0 Å². The maximum absolute atomic E-state index is 6.44. The van der Waals surface area contributed by atoms with Crippen molar-refractivity contribution in [3.05, 3.63) is 23.4 Å². The van der Waals surface area contributed by atoms with Crippen LogP contribution >= 0.6 is 22.2 Å². The first-order valence-electron chi connectivity index (χ1n) is 6.25. The molecule has 0 fully saturated rings. The molecule has 0 bridgehead atoms. The molecule has 0 aliphatic heterocycles. The molecule has 0 atom stereocenters. The highest BCUT2D eigenvalue weighted by Crippen LogP contribution is 2.30. The fourth-order valence-corrected chi connectivity index (χ4v) is 4.88. The van der Waals surface area contributed by atoms with Crippen LogP contribution in [-0.2, 0) is 0 Å². The molecule has 0 heterocycles. The van der Waals surface area contributed by atoms with E-state index in [0.29, 0.717) is 6.71 Å².